The third-order valence-electron chi connectivity index (χ3n) is 5.69. The number of amides is 1. The lowest BCUT2D eigenvalue weighted by Crippen LogP contribution is -2.27. The quantitative estimate of drug-likeness (QED) is 0.488. The summed E-state index contributed by atoms with van der Waals surface area (Å²) in [6.45, 7) is 1.88. The number of benzene rings is 2. The molecule has 1 atom stereocenters. The summed E-state index contributed by atoms with van der Waals surface area (Å²) < 4.78 is 0. The Morgan fingerprint density at radius 2 is 1.65 bits per heavy atom. The van der Waals surface area contributed by atoms with E-state index in [2.05, 4.69) is 10.1 Å². The zero-order valence-electron chi connectivity index (χ0n) is 18.2. The summed E-state index contributed by atoms with van der Waals surface area (Å²) in [5.74, 6) is -1.51. The highest BCUT2D eigenvalue weighted by molar-refractivity contribution is 6.30. The van der Waals surface area contributed by atoms with E-state index in [9.17, 15) is 14.4 Å². The predicted molar refractivity (Wildman–Crippen MR) is 131 cm³/mol. The molecule has 34 heavy (non-hydrogen) atoms. The van der Waals surface area contributed by atoms with Crippen LogP contribution < -0.4 is 5.56 Å². The minimum absolute atomic E-state index is 0.204. The van der Waals surface area contributed by atoms with E-state index in [0.717, 1.165) is 16.7 Å². The number of rotatable bonds is 6. The van der Waals surface area contributed by atoms with Crippen molar-refractivity contribution in [3.8, 4) is 11.1 Å². The zero-order chi connectivity index (χ0) is 24.4. The first-order chi connectivity index (χ1) is 16.2. The number of carboxylic acids is 1. The molecule has 174 valence electrons. The molecular weight excluding hydrogens is 477 g/mol. The van der Waals surface area contributed by atoms with Crippen LogP contribution in [-0.2, 0) is 9.59 Å². The van der Waals surface area contributed by atoms with Crippen molar-refractivity contribution in [3.05, 3.63) is 91.8 Å². The Morgan fingerprint density at radius 1 is 1.03 bits per heavy atom. The number of aromatic nitrogens is 1. The van der Waals surface area contributed by atoms with Gasteiger partial charge in [-0.1, -0.05) is 47.5 Å². The Labute approximate surface area is 205 Å². The van der Waals surface area contributed by atoms with Gasteiger partial charge in [-0.2, -0.15) is 5.10 Å². The minimum atomic E-state index is -1.07. The van der Waals surface area contributed by atoms with Crippen LogP contribution in [0.3, 0.4) is 0 Å². The van der Waals surface area contributed by atoms with Crippen LogP contribution in [0.5, 0.6) is 0 Å². The van der Waals surface area contributed by atoms with E-state index in [-0.39, 0.29) is 24.8 Å². The molecule has 7 nitrogen and oxygen atoms in total. The molecule has 2 aromatic carbocycles. The summed E-state index contributed by atoms with van der Waals surface area (Å²) in [6.07, 6.45) is 1.41. The van der Waals surface area contributed by atoms with Crippen LogP contribution in [0.2, 0.25) is 10.0 Å². The van der Waals surface area contributed by atoms with E-state index in [1.54, 1.807) is 42.6 Å². The van der Waals surface area contributed by atoms with E-state index in [1.807, 2.05) is 19.1 Å². The van der Waals surface area contributed by atoms with Crippen molar-refractivity contribution in [1.29, 1.82) is 0 Å². The van der Waals surface area contributed by atoms with Gasteiger partial charge in [0.1, 0.15) is 0 Å². The standard InChI is InChI=1S/C25H21Cl2N3O4/c1-14-13-28-25(34)24(23(14)16-4-8-18(27)9-5-16)19-12-20(15-2-6-17(26)7-3-15)30(29-19)21(31)10-11-22(32)33/h2-9,13,20H,10-12H2,1H3,(H,28,34)(H,32,33). The summed E-state index contributed by atoms with van der Waals surface area (Å²) in [5.41, 5.74) is 3.60. The first-order valence-corrected chi connectivity index (χ1v) is 11.4. The lowest BCUT2D eigenvalue weighted by atomic mass is 9.91. The average molecular weight is 498 g/mol. The summed E-state index contributed by atoms with van der Waals surface area (Å²) >= 11 is 12.1. The van der Waals surface area contributed by atoms with Crippen LogP contribution in [0.25, 0.3) is 11.1 Å². The van der Waals surface area contributed by atoms with Gasteiger partial charge in [-0.25, -0.2) is 5.01 Å². The van der Waals surface area contributed by atoms with Crippen molar-refractivity contribution >= 4 is 40.8 Å². The third kappa shape index (κ3) is 4.90. The van der Waals surface area contributed by atoms with E-state index >= 15 is 0 Å². The number of H-pyrrole nitrogens is 1. The molecule has 1 aliphatic heterocycles. The first-order valence-electron chi connectivity index (χ1n) is 10.6. The number of aliphatic carboxylic acids is 1. The minimum Gasteiger partial charge on any atom is -0.481 e. The second-order valence-electron chi connectivity index (χ2n) is 8.01. The molecular formula is C25H21Cl2N3O4. The number of aromatic amines is 1. The highest BCUT2D eigenvalue weighted by Crippen LogP contribution is 2.36. The summed E-state index contributed by atoms with van der Waals surface area (Å²) in [7, 11) is 0. The number of nitrogens with zero attached hydrogens (tertiary/aromatic N) is 2. The Bertz CT molecular complexity index is 1330. The molecule has 1 unspecified atom stereocenters. The summed E-state index contributed by atoms with van der Waals surface area (Å²) in [4.78, 5) is 39.8. The van der Waals surface area contributed by atoms with Crippen LogP contribution in [-0.4, -0.2) is 32.7 Å². The van der Waals surface area contributed by atoms with Crippen molar-refractivity contribution < 1.29 is 14.7 Å². The SMILES string of the molecule is Cc1c[nH]c(=O)c(C2=NN(C(=O)CCC(=O)O)C(c3ccc(Cl)cc3)C2)c1-c1ccc(Cl)cc1. The van der Waals surface area contributed by atoms with E-state index in [1.165, 1.54) is 5.01 Å². The number of carbonyl (C=O) groups excluding carboxylic acids is 1. The number of carbonyl (C=O) groups is 2. The third-order valence-corrected chi connectivity index (χ3v) is 6.19. The van der Waals surface area contributed by atoms with Gasteiger partial charge in [-0.3, -0.25) is 14.4 Å². The fourth-order valence-corrected chi connectivity index (χ4v) is 4.31. The normalized spacial score (nSPS) is 15.3. The van der Waals surface area contributed by atoms with Gasteiger partial charge in [0.25, 0.3) is 5.56 Å². The average Bonchev–Trinajstić information content (AvgIpc) is 3.25. The number of hydrazone groups is 1. The number of hydrogen-bond donors (Lipinski definition) is 2. The van der Waals surface area contributed by atoms with Gasteiger partial charge in [0.2, 0.25) is 5.91 Å². The predicted octanol–water partition coefficient (Wildman–Crippen LogP) is 5.20. The second kappa shape index (κ2) is 9.83. The number of hydrogen-bond acceptors (Lipinski definition) is 4. The second-order valence-corrected chi connectivity index (χ2v) is 8.88. The molecule has 0 aliphatic carbocycles. The van der Waals surface area contributed by atoms with Gasteiger partial charge >= 0.3 is 5.97 Å². The molecule has 2 N–H and O–H groups in total. The van der Waals surface area contributed by atoms with Gasteiger partial charge in [0.05, 0.1) is 23.7 Å². The number of pyridine rings is 1. The highest BCUT2D eigenvalue weighted by Gasteiger charge is 2.35. The maximum atomic E-state index is 13.0. The molecule has 3 aromatic rings. The molecule has 1 aliphatic rings. The van der Waals surface area contributed by atoms with Crippen molar-refractivity contribution in [2.75, 3.05) is 0 Å². The van der Waals surface area contributed by atoms with E-state index in [4.69, 9.17) is 28.3 Å². The van der Waals surface area contributed by atoms with E-state index < -0.39 is 17.9 Å². The van der Waals surface area contributed by atoms with Crippen LogP contribution in [0.1, 0.15) is 42.0 Å². The monoisotopic (exact) mass is 497 g/mol. The molecule has 0 saturated heterocycles. The van der Waals surface area contributed by atoms with Crippen molar-refractivity contribution in [3.63, 3.8) is 0 Å². The zero-order valence-corrected chi connectivity index (χ0v) is 19.7. The first kappa shape index (κ1) is 23.7. The number of carboxylic acid groups (broad SMARTS) is 1. The Balaban J connectivity index is 1.81. The highest BCUT2D eigenvalue weighted by atomic mass is 35.5. The number of nitrogens with one attached hydrogen (secondary N) is 1. The van der Waals surface area contributed by atoms with Crippen LogP contribution in [0.15, 0.2) is 64.6 Å². The van der Waals surface area contributed by atoms with Crippen molar-refractivity contribution in [2.24, 2.45) is 5.10 Å². The molecule has 0 bridgehead atoms. The van der Waals surface area contributed by atoms with Gasteiger partial charge in [0.15, 0.2) is 0 Å². The van der Waals surface area contributed by atoms with Crippen LogP contribution in [0, 0.1) is 6.92 Å². The van der Waals surface area contributed by atoms with Crippen molar-refractivity contribution in [2.45, 2.75) is 32.2 Å². The van der Waals surface area contributed by atoms with Crippen LogP contribution >= 0.6 is 23.2 Å². The molecule has 0 radical (unpaired) electrons. The summed E-state index contributed by atoms with van der Waals surface area (Å²) in [6, 6.07) is 13.7. The number of aryl methyl sites for hydroxylation is 1. The fraction of sp³-hybridized carbons (Fsp3) is 0.200. The molecule has 0 fully saturated rings. The van der Waals surface area contributed by atoms with E-state index in [0.29, 0.717) is 26.9 Å². The summed E-state index contributed by atoms with van der Waals surface area (Å²) in [5, 5.41) is 16.0. The molecule has 0 spiro atoms. The smallest absolute Gasteiger partial charge is 0.303 e. The Morgan fingerprint density at radius 3 is 2.26 bits per heavy atom. The van der Waals surface area contributed by atoms with Gasteiger partial charge in [-0.15, -0.1) is 0 Å². The molecule has 2 heterocycles. The van der Waals surface area contributed by atoms with Crippen molar-refractivity contribution in [1.82, 2.24) is 9.99 Å². The lowest BCUT2D eigenvalue weighted by Gasteiger charge is -2.22. The van der Waals surface area contributed by atoms with Gasteiger partial charge in [-0.05, 0) is 47.9 Å². The molecule has 1 aromatic heterocycles. The molecule has 1 amide bonds. The maximum absolute atomic E-state index is 13.0. The maximum Gasteiger partial charge on any atom is 0.303 e. The Hall–Kier alpha value is -3.42. The van der Waals surface area contributed by atoms with Crippen LogP contribution in [0.4, 0.5) is 0 Å². The molecule has 4 rings (SSSR count). The lowest BCUT2D eigenvalue weighted by molar-refractivity contribution is -0.141. The molecule has 9 heteroatoms. The molecule has 0 saturated carbocycles. The topological polar surface area (TPSA) is 103 Å². The van der Waals surface area contributed by atoms with Gasteiger partial charge < -0.3 is 10.1 Å². The Kier molecular flexibility index (Phi) is 6.86. The fourth-order valence-electron chi connectivity index (χ4n) is 4.06. The van der Waals surface area contributed by atoms with Gasteiger partial charge in [0, 0.05) is 34.6 Å². The number of halogens is 2. The largest absolute Gasteiger partial charge is 0.481 e.